The van der Waals surface area contributed by atoms with E-state index in [-0.39, 0.29) is 18.6 Å². The van der Waals surface area contributed by atoms with Crippen molar-refractivity contribution in [3.63, 3.8) is 0 Å². The minimum atomic E-state index is 0. The van der Waals surface area contributed by atoms with E-state index >= 15 is 0 Å². The molecule has 0 aromatic heterocycles. The van der Waals surface area contributed by atoms with Gasteiger partial charge in [-0.3, -0.25) is 0 Å². The van der Waals surface area contributed by atoms with E-state index in [9.17, 15) is 0 Å². The van der Waals surface area contributed by atoms with Crippen molar-refractivity contribution in [3.05, 3.63) is 35.9 Å². The maximum absolute atomic E-state index is 2.32. The van der Waals surface area contributed by atoms with Crippen LogP contribution in [0.25, 0.3) is 0 Å². The van der Waals surface area contributed by atoms with Crippen molar-refractivity contribution < 1.29 is 12.4 Å². The van der Waals surface area contributed by atoms with Crippen LogP contribution in [0.2, 0.25) is 0 Å². The Hall–Kier alpha value is -0.100. The molecule has 0 atom stereocenters. The van der Waals surface area contributed by atoms with Crippen molar-refractivity contribution >= 4 is 7.92 Å². The molecule has 0 aliphatic heterocycles. The SMILES string of the molecule is CCCCCCCCP(CCCCCCCC)CCCCCCCCCc1ccccc1.[Cl-].[NH4+]. The number of halogens is 1. The predicted octanol–water partition coefficient (Wildman–Crippen LogP) is 8.54. The van der Waals surface area contributed by atoms with Crippen LogP contribution in [0.3, 0.4) is 0 Å². The first-order valence-corrected chi connectivity index (χ1v) is 16.5. The molecule has 1 rings (SSSR count). The second-order valence-corrected chi connectivity index (χ2v) is 12.8. The highest BCUT2D eigenvalue weighted by Gasteiger charge is 2.08. The Morgan fingerprint density at radius 1 is 0.471 bits per heavy atom. The van der Waals surface area contributed by atoms with Gasteiger partial charge in [0, 0.05) is 0 Å². The Bertz CT molecular complexity index is 466. The summed E-state index contributed by atoms with van der Waals surface area (Å²) in [5.41, 5.74) is 1.51. The van der Waals surface area contributed by atoms with Gasteiger partial charge < -0.3 is 18.6 Å². The van der Waals surface area contributed by atoms with Crippen molar-refractivity contribution in [2.75, 3.05) is 18.5 Å². The van der Waals surface area contributed by atoms with Gasteiger partial charge in [-0.1, -0.05) is 140 Å². The van der Waals surface area contributed by atoms with Gasteiger partial charge in [-0.25, -0.2) is 0 Å². The van der Waals surface area contributed by atoms with Gasteiger partial charge in [-0.2, -0.15) is 0 Å². The third-order valence-corrected chi connectivity index (χ3v) is 9.78. The monoisotopic (exact) mass is 513 g/mol. The van der Waals surface area contributed by atoms with Crippen LogP contribution >= 0.6 is 7.92 Å². The van der Waals surface area contributed by atoms with Gasteiger partial charge in [0.15, 0.2) is 0 Å². The average Bonchev–Trinajstić information content (AvgIpc) is 2.82. The standard InChI is InChI=1S/C31H57P.ClH.H3N/c1-3-5-7-9-15-22-28-32(29-23-16-10-8-6-4-2)30-24-17-13-11-12-14-19-25-31-26-20-18-21-27-31;;/h18,20-21,26-27H,3-17,19,22-25,28-30H2,1-2H3;1H;1H3. The van der Waals surface area contributed by atoms with Gasteiger partial charge in [0.2, 0.25) is 0 Å². The summed E-state index contributed by atoms with van der Waals surface area (Å²) in [5, 5.41) is 0. The molecule has 0 saturated carbocycles. The Morgan fingerprint density at radius 3 is 1.24 bits per heavy atom. The Kier molecular flexibility index (Phi) is 30.9. The molecule has 0 bridgehead atoms. The smallest absolute Gasteiger partial charge is 0.0279 e. The van der Waals surface area contributed by atoms with E-state index in [0.29, 0.717) is 7.92 Å². The van der Waals surface area contributed by atoms with E-state index in [2.05, 4.69) is 44.2 Å². The molecule has 0 spiro atoms. The van der Waals surface area contributed by atoms with Crippen LogP contribution in [0, 0.1) is 0 Å². The average molecular weight is 514 g/mol. The van der Waals surface area contributed by atoms with E-state index in [1.807, 2.05) is 0 Å². The predicted molar refractivity (Wildman–Crippen MR) is 157 cm³/mol. The van der Waals surface area contributed by atoms with Crippen molar-refractivity contribution in [1.82, 2.24) is 6.15 Å². The van der Waals surface area contributed by atoms with E-state index in [4.69, 9.17) is 0 Å². The molecule has 0 aliphatic carbocycles. The van der Waals surface area contributed by atoms with E-state index < -0.39 is 0 Å². The Labute approximate surface area is 222 Å². The van der Waals surface area contributed by atoms with Gasteiger partial charge in [0.05, 0.1) is 0 Å². The third-order valence-electron chi connectivity index (χ3n) is 6.94. The van der Waals surface area contributed by atoms with Gasteiger partial charge >= 0.3 is 0 Å². The highest BCUT2D eigenvalue weighted by molar-refractivity contribution is 7.57. The van der Waals surface area contributed by atoms with Crippen LogP contribution in [0.5, 0.6) is 0 Å². The first-order valence-electron chi connectivity index (χ1n) is 14.6. The minimum Gasteiger partial charge on any atom is -1.00 e. The molecule has 0 heterocycles. The lowest BCUT2D eigenvalue weighted by Crippen LogP contribution is -3.00. The van der Waals surface area contributed by atoms with Crippen LogP contribution in [0.1, 0.15) is 141 Å². The molecule has 0 saturated heterocycles. The van der Waals surface area contributed by atoms with Crippen LogP contribution in [0.4, 0.5) is 0 Å². The fraction of sp³-hybridized carbons (Fsp3) is 0.806. The number of unbranched alkanes of at least 4 members (excludes halogenated alkanes) is 16. The summed E-state index contributed by atoms with van der Waals surface area (Å²) in [7, 11) is 0.334. The van der Waals surface area contributed by atoms with Gasteiger partial charge in [-0.05, 0) is 56.2 Å². The first kappa shape index (κ1) is 36.1. The van der Waals surface area contributed by atoms with Crippen molar-refractivity contribution in [2.24, 2.45) is 0 Å². The second-order valence-electron chi connectivity index (χ2n) is 10.1. The third kappa shape index (κ3) is 23.6. The lowest BCUT2D eigenvalue weighted by Gasteiger charge is -2.18. The fourth-order valence-electron chi connectivity index (χ4n) is 4.76. The number of aryl methyl sites for hydroxylation is 1. The largest absolute Gasteiger partial charge is 1.00 e. The number of rotatable bonds is 24. The minimum absolute atomic E-state index is 0. The maximum atomic E-state index is 2.32. The molecule has 0 unspecified atom stereocenters. The van der Waals surface area contributed by atoms with Crippen LogP contribution in [0.15, 0.2) is 30.3 Å². The normalized spacial score (nSPS) is 10.8. The summed E-state index contributed by atoms with van der Waals surface area (Å²) >= 11 is 0. The first-order chi connectivity index (χ1) is 15.9. The quantitative estimate of drug-likeness (QED) is 0.106. The summed E-state index contributed by atoms with van der Waals surface area (Å²) in [4.78, 5) is 0. The summed E-state index contributed by atoms with van der Waals surface area (Å²) in [5.74, 6) is 0. The molecule has 3 heteroatoms. The molecule has 34 heavy (non-hydrogen) atoms. The topological polar surface area (TPSA) is 36.5 Å². The molecule has 1 aromatic carbocycles. The second kappa shape index (κ2) is 29.1. The van der Waals surface area contributed by atoms with Crippen LogP contribution < -0.4 is 18.6 Å². The Balaban J connectivity index is 0. The molecule has 0 radical (unpaired) electrons. The zero-order valence-electron chi connectivity index (χ0n) is 23.5. The lowest BCUT2D eigenvalue weighted by molar-refractivity contribution is -0.00000745. The molecule has 0 amide bonds. The number of hydrogen-bond donors (Lipinski definition) is 1. The Morgan fingerprint density at radius 2 is 0.824 bits per heavy atom. The van der Waals surface area contributed by atoms with Gasteiger partial charge in [0.1, 0.15) is 0 Å². The number of hydrogen-bond acceptors (Lipinski definition) is 0. The van der Waals surface area contributed by atoms with Crippen molar-refractivity contribution in [3.8, 4) is 0 Å². The van der Waals surface area contributed by atoms with E-state index in [1.165, 1.54) is 134 Å². The van der Waals surface area contributed by atoms with Crippen molar-refractivity contribution in [1.29, 1.82) is 0 Å². The van der Waals surface area contributed by atoms with Gasteiger partial charge in [-0.15, -0.1) is 7.92 Å². The summed E-state index contributed by atoms with van der Waals surface area (Å²) in [6.45, 7) is 4.65. The van der Waals surface area contributed by atoms with Gasteiger partial charge in [0.25, 0.3) is 0 Å². The van der Waals surface area contributed by atoms with Crippen LogP contribution in [-0.4, -0.2) is 18.5 Å². The molecule has 202 valence electrons. The molecular formula is C31H61ClNP. The molecule has 1 aromatic rings. The molecule has 0 aliphatic rings. The zero-order chi connectivity index (χ0) is 23.0. The van der Waals surface area contributed by atoms with E-state index in [1.54, 1.807) is 18.5 Å². The van der Waals surface area contributed by atoms with Crippen LogP contribution in [-0.2, 0) is 6.42 Å². The summed E-state index contributed by atoms with van der Waals surface area (Å²) in [6.07, 6.45) is 33.7. The lowest BCUT2D eigenvalue weighted by atomic mass is 10.0. The molecule has 1 nitrogen and oxygen atoms in total. The fourth-order valence-corrected chi connectivity index (χ4v) is 7.44. The molecule has 0 fully saturated rings. The number of benzene rings is 1. The molecular weight excluding hydrogens is 453 g/mol. The molecule has 4 N–H and O–H groups in total. The van der Waals surface area contributed by atoms with E-state index in [0.717, 1.165) is 0 Å². The highest BCUT2D eigenvalue weighted by Crippen LogP contribution is 2.39. The zero-order valence-corrected chi connectivity index (χ0v) is 25.1. The number of quaternary nitrogens is 1. The van der Waals surface area contributed by atoms with Crippen molar-refractivity contribution in [2.45, 2.75) is 142 Å². The summed E-state index contributed by atoms with van der Waals surface area (Å²) in [6, 6.07) is 11.0. The summed E-state index contributed by atoms with van der Waals surface area (Å²) < 4.78 is 0. The maximum Gasteiger partial charge on any atom is -0.0279 e. The highest BCUT2D eigenvalue weighted by atomic mass is 35.5.